The Hall–Kier alpha value is -0.590. The van der Waals surface area contributed by atoms with Crippen molar-refractivity contribution in [2.75, 3.05) is 6.61 Å². The van der Waals surface area contributed by atoms with Gasteiger partial charge in [0, 0.05) is 0 Å². The molecule has 2 N–H and O–H groups in total. The molecule has 0 heterocycles. The molecule has 0 bridgehead atoms. The van der Waals surface area contributed by atoms with Crippen LogP contribution >= 0.6 is 0 Å². The van der Waals surface area contributed by atoms with Crippen molar-refractivity contribution in [2.24, 2.45) is 5.73 Å². The van der Waals surface area contributed by atoms with Gasteiger partial charge < -0.3 is 10.5 Å². The molecule has 0 spiro atoms. The lowest BCUT2D eigenvalue weighted by atomic mass is 9.96. The van der Waals surface area contributed by atoms with Gasteiger partial charge in [-0.25, -0.2) is 0 Å². The lowest BCUT2D eigenvalue weighted by molar-refractivity contribution is 0.000929. The second kappa shape index (κ2) is 3.55. The largest absolute Gasteiger partial charge is 0.375 e. The van der Waals surface area contributed by atoms with Crippen molar-refractivity contribution in [2.45, 2.75) is 31.4 Å². The Bertz CT molecular complexity index is 137. The van der Waals surface area contributed by atoms with Crippen LogP contribution in [0.5, 0.6) is 0 Å². The standard InChI is InChI=1S/C7H12N2O/c8-4-6(9)5-10-7-2-1-3-7/h6-7H,1-3,5,9H2. The Labute approximate surface area is 60.8 Å². The van der Waals surface area contributed by atoms with Crippen molar-refractivity contribution in [3.05, 3.63) is 0 Å². The maximum Gasteiger partial charge on any atom is 0.116 e. The Morgan fingerprint density at radius 3 is 2.80 bits per heavy atom. The van der Waals surface area contributed by atoms with E-state index >= 15 is 0 Å². The van der Waals surface area contributed by atoms with Crippen LogP contribution in [0.3, 0.4) is 0 Å². The van der Waals surface area contributed by atoms with Crippen LogP contribution < -0.4 is 5.73 Å². The molecular weight excluding hydrogens is 128 g/mol. The monoisotopic (exact) mass is 140 g/mol. The van der Waals surface area contributed by atoms with Gasteiger partial charge >= 0.3 is 0 Å². The first-order chi connectivity index (χ1) is 4.83. The zero-order chi connectivity index (χ0) is 7.40. The van der Waals surface area contributed by atoms with Crippen LogP contribution in [-0.4, -0.2) is 18.8 Å². The molecule has 3 nitrogen and oxygen atoms in total. The molecule has 1 atom stereocenters. The SMILES string of the molecule is N#CC(N)COC1CCC1. The Kier molecular flexibility index (Phi) is 2.67. The van der Waals surface area contributed by atoms with Crippen molar-refractivity contribution in [3.8, 4) is 6.07 Å². The van der Waals surface area contributed by atoms with Gasteiger partial charge in [-0.1, -0.05) is 0 Å². The molecule has 1 aliphatic carbocycles. The summed E-state index contributed by atoms with van der Waals surface area (Å²) < 4.78 is 5.28. The van der Waals surface area contributed by atoms with Gasteiger partial charge in [0.15, 0.2) is 0 Å². The molecule has 0 radical (unpaired) electrons. The van der Waals surface area contributed by atoms with Gasteiger partial charge in [-0.3, -0.25) is 0 Å². The average molecular weight is 140 g/mol. The molecule has 1 fully saturated rings. The van der Waals surface area contributed by atoms with Crippen molar-refractivity contribution in [3.63, 3.8) is 0 Å². The fraction of sp³-hybridized carbons (Fsp3) is 0.857. The molecule has 1 rings (SSSR count). The molecule has 0 aromatic carbocycles. The molecule has 1 aliphatic rings. The highest BCUT2D eigenvalue weighted by Crippen LogP contribution is 2.21. The highest BCUT2D eigenvalue weighted by Gasteiger charge is 2.18. The Morgan fingerprint density at radius 2 is 2.40 bits per heavy atom. The van der Waals surface area contributed by atoms with Crippen molar-refractivity contribution in [1.82, 2.24) is 0 Å². The average Bonchev–Trinajstić information content (AvgIpc) is 1.84. The summed E-state index contributed by atoms with van der Waals surface area (Å²) in [5, 5.41) is 8.28. The first-order valence-electron chi connectivity index (χ1n) is 3.59. The lowest BCUT2D eigenvalue weighted by Gasteiger charge is -2.25. The number of hydrogen-bond donors (Lipinski definition) is 1. The third-order valence-electron chi connectivity index (χ3n) is 1.73. The maximum atomic E-state index is 8.28. The van der Waals surface area contributed by atoms with Gasteiger partial charge in [0.25, 0.3) is 0 Å². The third kappa shape index (κ3) is 1.98. The van der Waals surface area contributed by atoms with Gasteiger partial charge in [0.1, 0.15) is 6.04 Å². The Morgan fingerprint density at radius 1 is 1.70 bits per heavy atom. The summed E-state index contributed by atoms with van der Waals surface area (Å²) in [7, 11) is 0. The molecule has 3 heteroatoms. The second-order valence-corrected chi connectivity index (χ2v) is 2.62. The first kappa shape index (κ1) is 7.52. The molecule has 0 aromatic rings. The van der Waals surface area contributed by atoms with E-state index in [-0.39, 0.29) is 0 Å². The van der Waals surface area contributed by atoms with E-state index in [9.17, 15) is 0 Å². The van der Waals surface area contributed by atoms with Crippen LogP contribution in [0.25, 0.3) is 0 Å². The molecule has 1 saturated carbocycles. The van der Waals surface area contributed by atoms with Crippen LogP contribution in [0.1, 0.15) is 19.3 Å². The zero-order valence-electron chi connectivity index (χ0n) is 5.92. The number of nitrogens with zero attached hydrogens (tertiary/aromatic N) is 1. The van der Waals surface area contributed by atoms with Gasteiger partial charge in [0.2, 0.25) is 0 Å². The minimum absolute atomic E-state index is 0.388. The Balaban J connectivity index is 1.99. The second-order valence-electron chi connectivity index (χ2n) is 2.62. The minimum Gasteiger partial charge on any atom is -0.375 e. The van der Waals surface area contributed by atoms with E-state index in [1.54, 1.807) is 0 Å². The van der Waals surface area contributed by atoms with Crippen molar-refractivity contribution < 1.29 is 4.74 Å². The number of nitriles is 1. The quantitative estimate of drug-likeness (QED) is 0.617. The number of ether oxygens (including phenoxy) is 1. The molecular formula is C7H12N2O. The third-order valence-corrected chi connectivity index (χ3v) is 1.73. The number of hydrogen-bond acceptors (Lipinski definition) is 3. The fourth-order valence-electron chi connectivity index (χ4n) is 0.814. The molecule has 10 heavy (non-hydrogen) atoms. The summed E-state index contributed by atoms with van der Waals surface area (Å²) in [4.78, 5) is 0. The first-order valence-corrected chi connectivity index (χ1v) is 3.59. The maximum absolute atomic E-state index is 8.28. The van der Waals surface area contributed by atoms with Gasteiger partial charge in [-0.05, 0) is 19.3 Å². The molecule has 0 aliphatic heterocycles. The van der Waals surface area contributed by atoms with E-state index in [4.69, 9.17) is 15.7 Å². The minimum atomic E-state index is -0.444. The normalized spacial score (nSPS) is 21.2. The molecule has 0 amide bonds. The van der Waals surface area contributed by atoms with E-state index in [2.05, 4.69) is 0 Å². The van der Waals surface area contributed by atoms with E-state index < -0.39 is 6.04 Å². The summed E-state index contributed by atoms with van der Waals surface area (Å²) in [5.74, 6) is 0. The predicted octanol–water partition coefficient (Wildman–Crippen LogP) is 0.406. The van der Waals surface area contributed by atoms with E-state index in [0.29, 0.717) is 12.7 Å². The summed E-state index contributed by atoms with van der Waals surface area (Å²) in [6.07, 6.45) is 3.92. The van der Waals surface area contributed by atoms with Crippen LogP contribution in [0, 0.1) is 11.3 Å². The van der Waals surface area contributed by atoms with E-state index in [1.807, 2.05) is 6.07 Å². The predicted molar refractivity (Wildman–Crippen MR) is 37.2 cm³/mol. The fourth-order valence-corrected chi connectivity index (χ4v) is 0.814. The number of nitrogens with two attached hydrogens (primary N) is 1. The van der Waals surface area contributed by atoms with Gasteiger partial charge in [-0.2, -0.15) is 5.26 Å². The van der Waals surface area contributed by atoms with Gasteiger partial charge in [-0.15, -0.1) is 0 Å². The van der Waals surface area contributed by atoms with E-state index in [1.165, 1.54) is 6.42 Å². The highest BCUT2D eigenvalue weighted by molar-refractivity contribution is 4.86. The zero-order valence-corrected chi connectivity index (χ0v) is 5.92. The van der Waals surface area contributed by atoms with Crippen LogP contribution in [0.2, 0.25) is 0 Å². The lowest BCUT2D eigenvalue weighted by Crippen LogP contribution is -2.30. The van der Waals surface area contributed by atoms with E-state index in [0.717, 1.165) is 12.8 Å². The summed E-state index contributed by atoms with van der Waals surface area (Å²) in [6.45, 7) is 0.390. The highest BCUT2D eigenvalue weighted by atomic mass is 16.5. The molecule has 0 aromatic heterocycles. The molecule has 56 valence electrons. The van der Waals surface area contributed by atoms with Crippen LogP contribution in [0.15, 0.2) is 0 Å². The van der Waals surface area contributed by atoms with Crippen molar-refractivity contribution in [1.29, 1.82) is 5.26 Å². The topological polar surface area (TPSA) is 59.0 Å². The molecule has 0 saturated heterocycles. The molecule has 1 unspecified atom stereocenters. The van der Waals surface area contributed by atoms with Crippen molar-refractivity contribution >= 4 is 0 Å². The summed E-state index contributed by atoms with van der Waals surface area (Å²) in [5.41, 5.74) is 5.31. The summed E-state index contributed by atoms with van der Waals surface area (Å²) in [6, 6.07) is 1.48. The summed E-state index contributed by atoms with van der Waals surface area (Å²) >= 11 is 0. The van der Waals surface area contributed by atoms with Crippen LogP contribution in [-0.2, 0) is 4.74 Å². The van der Waals surface area contributed by atoms with Gasteiger partial charge in [0.05, 0.1) is 18.8 Å². The van der Waals surface area contributed by atoms with Crippen LogP contribution in [0.4, 0.5) is 0 Å². The smallest absolute Gasteiger partial charge is 0.116 e. The number of rotatable bonds is 3.